The maximum absolute atomic E-state index is 3.99. The Morgan fingerprint density at radius 2 is 2.40 bits per heavy atom. The average molecular weight is 133 g/mol. The smallest absolute Gasteiger partial charge is 0.0970 e. The number of nitrogens with zero attached hydrogens (tertiary/aromatic N) is 3. The van der Waals surface area contributed by atoms with E-state index in [9.17, 15) is 0 Å². The molecule has 1 aromatic rings. The number of hydrogen-bond acceptors (Lipinski definition) is 3. The molecular weight excluding hydrogens is 126 g/mol. The second-order valence-electron chi connectivity index (χ2n) is 2.33. The Labute approximate surface area is 58.8 Å². The van der Waals surface area contributed by atoms with Gasteiger partial charge in [-0.3, -0.25) is 4.98 Å². The van der Waals surface area contributed by atoms with Gasteiger partial charge in [-0.25, -0.2) is 0 Å². The standard InChI is InChI=1S/C7H7N3/c1-5-6-4-8-3-2-7(6)10-9-5/h2-5H,1H3. The van der Waals surface area contributed by atoms with Crippen molar-refractivity contribution < 1.29 is 0 Å². The van der Waals surface area contributed by atoms with Crippen LogP contribution in [0.2, 0.25) is 0 Å². The maximum atomic E-state index is 3.99. The number of rotatable bonds is 0. The molecular formula is C7H7N3. The zero-order valence-electron chi connectivity index (χ0n) is 5.65. The molecule has 1 aromatic heterocycles. The number of hydrogen-bond donors (Lipinski definition) is 0. The van der Waals surface area contributed by atoms with Crippen LogP contribution < -0.4 is 0 Å². The van der Waals surface area contributed by atoms with Crippen molar-refractivity contribution in [2.75, 3.05) is 0 Å². The topological polar surface area (TPSA) is 37.6 Å². The van der Waals surface area contributed by atoms with Gasteiger partial charge in [0.05, 0.1) is 11.7 Å². The minimum Gasteiger partial charge on any atom is -0.264 e. The number of azo groups is 1. The largest absolute Gasteiger partial charge is 0.264 e. The second kappa shape index (κ2) is 1.87. The number of aromatic nitrogens is 1. The molecule has 1 unspecified atom stereocenters. The van der Waals surface area contributed by atoms with Gasteiger partial charge in [-0.1, -0.05) is 0 Å². The Morgan fingerprint density at radius 1 is 1.50 bits per heavy atom. The highest BCUT2D eigenvalue weighted by atomic mass is 15.2. The molecule has 2 rings (SSSR count). The molecule has 0 fully saturated rings. The molecule has 50 valence electrons. The maximum Gasteiger partial charge on any atom is 0.0970 e. The molecule has 10 heavy (non-hydrogen) atoms. The summed E-state index contributed by atoms with van der Waals surface area (Å²) in [7, 11) is 0. The summed E-state index contributed by atoms with van der Waals surface area (Å²) in [6.45, 7) is 2.01. The van der Waals surface area contributed by atoms with Gasteiger partial charge in [0.15, 0.2) is 0 Å². The van der Waals surface area contributed by atoms with Gasteiger partial charge in [-0.15, -0.1) is 0 Å². The van der Waals surface area contributed by atoms with Crippen LogP contribution in [0.4, 0.5) is 5.69 Å². The molecule has 3 nitrogen and oxygen atoms in total. The van der Waals surface area contributed by atoms with Gasteiger partial charge in [0.2, 0.25) is 0 Å². The third kappa shape index (κ3) is 0.635. The fraction of sp³-hybridized carbons (Fsp3) is 0.286. The van der Waals surface area contributed by atoms with E-state index in [2.05, 4.69) is 15.2 Å². The van der Waals surface area contributed by atoms with Crippen LogP contribution in [0.1, 0.15) is 18.5 Å². The van der Waals surface area contributed by atoms with Crippen LogP contribution in [0.5, 0.6) is 0 Å². The van der Waals surface area contributed by atoms with Crippen molar-refractivity contribution in [2.45, 2.75) is 13.0 Å². The summed E-state index contributed by atoms with van der Waals surface area (Å²) in [4.78, 5) is 3.99. The second-order valence-corrected chi connectivity index (χ2v) is 2.33. The minimum absolute atomic E-state index is 0.198. The molecule has 1 aliphatic heterocycles. The molecule has 1 atom stereocenters. The Morgan fingerprint density at radius 3 is 3.20 bits per heavy atom. The van der Waals surface area contributed by atoms with E-state index in [4.69, 9.17) is 0 Å². The summed E-state index contributed by atoms with van der Waals surface area (Å²) in [5.74, 6) is 0. The van der Waals surface area contributed by atoms with Gasteiger partial charge >= 0.3 is 0 Å². The quantitative estimate of drug-likeness (QED) is 0.534. The molecule has 0 radical (unpaired) electrons. The Bertz CT molecular complexity index is 280. The van der Waals surface area contributed by atoms with E-state index < -0.39 is 0 Å². The van der Waals surface area contributed by atoms with Crippen LogP contribution in [-0.2, 0) is 0 Å². The molecule has 0 amide bonds. The van der Waals surface area contributed by atoms with E-state index in [1.165, 1.54) is 0 Å². The van der Waals surface area contributed by atoms with Crippen LogP contribution in [0, 0.1) is 0 Å². The first-order valence-corrected chi connectivity index (χ1v) is 3.22. The normalized spacial score (nSPS) is 21.1. The Hall–Kier alpha value is -1.25. The van der Waals surface area contributed by atoms with Crippen LogP contribution >= 0.6 is 0 Å². The molecule has 1 aliphatic rings. The summed E-state index contributed by atoms with van der Waals surface area (Å²) in [5.41, 5.74) is 2.09. The van der Waals surface area contributed by atoms with Gasteiger partial charge in [0.25, 0.3) is 0 Å². The summed E-state index contributed by atoms with van der Waals surface area (Å²) >= 11 is 0. The first-order valence-electron chi connectivity index (χ1n) is 3.22. The van der Waals surface area contributed by atoms with Crippen molar-refractivity contribution in [1.29, 1.82) is 0 Å². The monoisotopic (exact) mass is 133 g/mol. The lowest BCUT2D eigenvalue weighted by Gasteiger charge is -1.96. The lowest BCUT2D eigenvalue weighted by molar-refractivity contribution is 0.808. The molecule has 0 aromatic carbocycles. The van der Waals surface area contributed by atoms with E-state index in [1.807, 2.05) is 19.2 Å². The predicted molar refractivity (Wildman–Crippen MR) is 37.2 cm³/mol. The minimum atomic E-state index is 0.198. The van der Waals surface area contributed by atoms with Gasteiger partial charge in [-0.2, -0.15) is 10.2 Å². The zero-order chi connectivity index (χ0) is 6.97. The van der Waals surface area contributed by atoms with Gasteiger partial charge in [-0.05, 0) is 13.0 Å². The number of fused-ring (bicyclic) bond motifs is 1. The van der Waals surface area contributed by atoms with Crippen molar-refractivity contribution in [2.24, 2.45) is 10.2 Å². The van der Waals surface area contributed by atoms with Crippen LogP contribution in [0.3, 0.4) is 0 Å². The molecule has 0 N–H and O–H groups in total. The summed E-state index contributed by atoms with van der Waals surface area (Å²) in [5, 5.41) is 7.95. The van der Waals surface area contributed by atoms with Gasteiger partial charge < -0.3 is 0 Å². The van der Waals surface area contributed by atoms with Crippen LogP contribution in [0.15, 0.2) is 28.7 Å². The van der Waals surface area contributed by atoms with E-state index in [1.54, 1.807) is 6.20 Å². The van der Waals surface area contributed by atoms with Crippen molar-refractivity contribution in [3.63, 3.8) is 0 Å². The third-order valence-corrected chi connectivity index (χ3v) is 1.62. The molecule has 0 aliphatic carbocycles. The first-order chi connectivity index (χ1) is 4.88. The van der Waals surface area contributed by atoms with Crippen molar-refractivity contribution in [3.8, 4) is 0 Å². The Kier molecular flexibility index (Phi) is 1.03. The summed E-state index contributed by atoms with van der Waals surface area (Å²) in [6, 6.07) is 2.08. The Balaban J connectivity index is 2.59. The van der Waals surface area contributed by atoms with E-state index in [0.717, 1.165) is 11.3 Å². The highest BCUT2D eigenvalue weighted by Gasteiger charge is 2.14. The molecule has 3 heteroatoms. The van der Waals surface area contributed by atoms with E-state index >= 15 is 0 Å². The zero-order valence-corrected chi connectivity index (χ0v) is 5.65. The molecule has 0 saturated carbocycles. The lowest BCUT2D eigenvalue weighted by Crippen LogP contribution is -1.83. The van der Waals surface area contributed by atoms with Crippen molar-refractivity contribution in [3.05, 3.63) is 24.0 Å². The number of pyridine rings is 1. The average Bonchev–Trinajstić information content (AvgIpc) is 2.34. The van der Waals surface area contributed by atoms with Gasteiger partial charge in [0, 0.05) is 18.0 Å². The molecule has 2 heterocycles. The fourth-order valence-corrected chi connectivity index (χ4v) is 1.02. The van der Waals surface area contributed by atoms with Gasteiger partial charge in [0.1, 0.15) is 0 Å². The SMILES string of the molecule is CC1N=Nc2ccncc21. The summed E-state index contributed by atoms with van der Waals surface area (Å²) < 4.78 is 0. The van der Waals surface area contributed by atoms with Crippen molar-refractivity contribution in [1.82, 2.24) is 4.98 Å². The molecule has 0 saturated heterocycles. The van der Waals surface area contributed by atoms with Crippen LogP contribution in [-0.4, -0.2) is 4.98 Å². The molecule has 0 bridgehead atoms. The highest BCUT2D eigenvalue weighted by Crippen LogP contribution is 2.33. The van der Waals surface area contributed by atoms with Crippen molar-refractivity contribution >= 4 is 5.69 Å². The summed E-state index contributed by atoms with van der Waals surface area (Å²) in [6.07, 6.45) is 3.55. The van der Waals surface area contributed by atoms with E-state index in [-0.39, 0.29) is 6.04 Å². The lowest BCUT2D eigenvalue weighted by atomic mass is 10.1. The highest BCUT2D eigenvalue weighted by molar-refractivity contribution is 5.47. The predicted octanol–water partition coefficient (Wildman–Crippen LogP) is 2.24. The first kappa shape index (κ1) is 5.53. The van der Waals surface area contributed by atoms with E-state index in [0.29, 0.717) is 0 Å². The fourth-order valence-electron chi connectivity index (χ4n) is 1.02. The van der Waals surface area contributed by atoms with Crippen LogP contribution in [0.25, 0.3) is 0 Å². The molecule has 0 spiro atoms. The third-order valence-electron chi connectivity index (χ3n) is 1.62.